The zero-order valence-corrected chi connectivity index (χ0v) is 17.1. The summed E-state index contributed by atoms with van der Waals surface area (Å²) < 4.78 is 5.95. The van der Waals surface area contributed by atoms with Crippen LogP contribution in [0.5, 0.6) is 5.75 Å². The Labute approximate surface area is 180 Å². The maximum Gasteiger partial charge on any atom is 0.323 e. The second kappa shape index (κ2) is 9.38. The average molecular weight is 416 g/mol. The number of nitrogens with one attached hydrogen (secondary N) is 1. The molecule has 0 aromatic heterocycles. The highest BCUT2D eigenvalue weighted by atomic mass is 32.2. The molecule has 0 unspecified atom stereocenters. The van der Waals surface area contributed by atoms with Crippen molar-refractivity contribution in [3.63, 3.8) is 0 Å². The third-order valence-electron chi connectivity index (χ3n) is 4.79. The number of ether oxygens (including phenoxy) is 1. The summed E-state index contributed by atoms with van der Waals surface area (Å²) in [6.07, 6.45) is 0. The summed E-state index contributed by atoms with van der Waals surface area (Å²) in [5, 5.41) is 11.9. The summed E-state index contributed by atoms with van der Waals surface area (Å²) >= 11 is 1.73. The first kappa shape index (κ1) is 19.9. The van der Waals surface area contributed by atoms with Crippen molar-refractivity contribution in [1.82, 2.24) is 4.90 Å². The van der Waals surface area contributed by atoms with Crippen LogP contribution in [0, 0.1) is 11.3 Å². The van der Waals surface area contributed by atoms with Gasteiger partial charge in [0, 0.05) is 18.0 Å². The van der Waals surface area contributed by atoms with Crippen LogP contribution in [-0.4, -0.2) is 23.2 Å². The van der Waals surface area contributed by atoms with Crippen LogP contribution in [0.4, 0.5) is 10.5 Å². The molecule has 1 N–H and O–H groups in total. The number of thioether (sulfide) groups is 1. The van der Waals surface area contributed by atoms with Crippen LogP contribution in [0.3, 0.4) is 0 Å². The molecule has 3 aromatic rings. The summed E-state index contributed by atoms with van der Waals surface area (Å²) in [4.78, 5) is 14.7. The van der Waals surface area contributed by atoms with Gasteiger partial charge in [0.1, 0.15) is 17.7 Å². The van der Waals surface area contributed by atoms with Crippen LogP contribution in [0.1, 0.15) is 22.1 Å². The molecule has 0 bridgehead atoms. The van der Waals surface area contributed by atoms with E-state index in [2.05, 4.69) is 11.4 Å². The number of carbonyl (C=O) groups excluding carboxylic acids is 1. The molecule has 5 nitrogen and oxygen atoms in total. The van der Waals surface area contributed by atoms with Crippen molar-refractivity contribution in [2.75, 3.05) is 17.6 Å². The first-order valence-corrected chi connectivity index (χ1v) is 10.7. The van der Waals surface area contributed by atoms with Crippen molar-refractivity contribution in [2.45, 2.75) is 12.0 Å². The number of hydrogen-bond donors (Lipinski definition) is 1. The van der Waals surface area contributed by atoms with Crippen LogP contribution in [0.15, 0.2) is 78.9 Å². The van der Waals surface area contributed by atoms with E-state index in [1.165, 1.54) is 0 Å². The number of amides is 2. The van der Waals surface area contributed by atoms with Gasteiger partial charge >= 0.3 is 6.03 Å². The summed E-state index contributed by atoms with van der Waals surface area (Å²) in [6.45, 7) is 1.16. The minimum Gasteiger partial charge on any atom is -0.489 e. The Bertz CT molecular complexity index is 1070. The van der Waals surface area contributed by atoms with Crippen molar-refractivity contribution in [2.24, 2.45) is 0 Å². The van der Waals surface area contributed by atoms with Gasteiger partial charge in [-0.2, -0.15) is 5.26 Å². The number of hydrogen-bond acceptors (Lipinski definition) is 4. The second-order valence-electron chi connectivity index (χ2n) is 6.89. The molecule has 0 saturated carbocycles. The summed E-state index contributed by atoms with van der Waals surface area (Å²) in [6, 6.07) is 26.8. The van der Waals surface area contributed by atoms with E-state index in [-0.39, 0.29) is 11.4 Å². The molecule has 6 heteroatoms. The van der Waals surface area contributed by atoms with Crippen LogP contribution in [0.2, 0.25) is 0 Å². The molecule has 2 amide bonds. The van der Waals surface area contributed by atoms with Gasteiger partial charge in [-0.25, -0.2) is 4.79 Å². The fourth-order valence-electron chi connectivity index (χ4n) is 3.31. The zero-order valence-electron chi connectivity index (χ0n) is 16.3. The number of nitriles is 1. The van der Waals surface area contributed by atoms with E-state index in [1.54, 1.807) is 36.0 Å². The van der Waals surface area contributed by atoms with Gasteiger partial charge in [-0.1, -0.05) is 48.5 Å². The average Bonchev–Trinajstić information content (AvgIpc) is 3.29. The number of urea groups is 1. The molecule has 0 aliphatic carbocycles. The second-order valence-corrected chi connectivity index (χ2v) is 8.07. The number of rotatable bonds is 5. The maximum absolute atomic E-state index is 12.9. The van der Waals surface area contributed by atoms with Crippen LogP contribution in [-0.2, 0) is 6.61 Å². The van der Waals surface area contributed by atoms with Gasteiger partial charge in [0.2, 0.25) is 0 Å². The summed E-state index contributed by atoms with van der Waals surface area (Å²) in [5.74, 6) is 1.65. The molecule has 1 atom stereocenters. The lowest BCUT2D eigenvalue weighted by Crippen LogP contribution is -2.34. The highest BCUT2D eigenvalue weighted by Crippen LogP contribution is 2.39. The Morgan fingerprint density at radius 3 is 2.77 bits per heavy atom. The number of nitrogens with zero attached hydrogens (tertiary/aromatic N) is 2. The van der Waals surface area contributed by atoms with Gasteiger partial charge < -0.3 is 15.0 Å². The standard InChI is InChI=1S/C24H21N3O2S/c25-16-19-8-4-10-21(14-19)26-24(28)27-12-13-30-23(27)20-9-5-11-22(15-20)29-17-18-6-2-1-3-7-18/h1-11,14-15,23H,12-13,17H2,(H,26,28)/t23-/m1/s1. The van der Waals surface area contributed by atoms with Crippen molar-refractivity contribution >= 4 is 23.5 Å². The normalized spacial score (nSPS) is 15.4. The smallest absolute Gasteiger partial charge is 0.323 e. The largest absolute Gasteiger partial charge is 0.489 e. The molecular formula is C24H21N3O2S. The topological polar surface area (TPSA) is 65.4 Å². The Kier molecular flexibility index (Phi) is 6.21. The lowest BCUT2D eigenvalue weighted by atomic mass is 10.2. The molecule has 1 saturated heterocycles. The Morgan fingerprint density at radius 1 is 1.10 bits per heavy atom. The van der Waals surface area contributed by atoms with E-state index in [4.69, 9.17) is 10.00 Å². The Balaban J connectivity index is 1.45. The first-order valence-electron chi connectivity index (χ1n) is 9.69. The number of anilines is 1. The van der Waals surface area contributed by atoms with Gasteiger partial charge in [-0.05, 0) is 41.5 Å². The van der Waals surface area contributed by atoms with Crippen molar-refractivity contribution < 1.29 is 9.53 Å². The van der Waals surface area contributed by atoms with Crippen LogP contribution < -0.4 is 10.1 Å². The molecule has 0 spiro atoms. The number of benzene rings is 3. The fraction of sp³-hybridized carbons (Fsp3) is 0.167. The van der Waals surface area contributed by atoms with E-state index in [9.17, 15) is 4.79 Å². The molecule has 3 aromatic carbocycles. The Hall–Kier alpha value is -3.43. The van der Waals surface area contributed by atoms with Crippen LogP contribution >= 0.6 is 11.8 Å². The van der Waals surface area contributed by atoms with E-state index in [0.29, 0.717) is 24.4 Å². The lowest BCUT2D eigenvalue weighted by Gasteiger charge is -2.25. The van der Waals surface area contributed by atoms with Gasteiger partial charge in [0.05, 0.1) is 11.6 Å². The summed E-state index contributed by atoms with van der Waals surface area (Å²) in [7, 11) is 0. The maximum atomic E-state index is 12.9. The van der Waals surface area contributed by atoms with E-state index < -0.39 is 0 Å². The van der Waals surface area contributed by atoms with E-state index >= 15 is 0 Å². The van der Waals surface area contributed by atoms with Crippen LogP contribution in [0.25, 0.3) is 0 Å². The number of carbonyl (C=O) groups is 1. The predicted molar refractivity (Wildman–Crippen MR) is 119 cm³/mol. The van der Waals surface area contributed by atoms with Gasteiger partial charge in [-0.3, -0.25) is 0 Å². The predicted octanol–water partition coefficient (Wildman–Crippen LogP) is 5.42. The molecule has 4 rings (SSSR count). The highest BCUT2D eigenvalue weighted by Gasteiger charge is 2.31. The van der Waals surface area contributed by atoms with E-state index in [1.807, 2.05) is 59.5 Å². The monoisotopic (exact) mass is 415 g/mol. The summed E-state index contributed by atoms with van der Waals surface area (Å²) in [5.41, 5.74) is 3.28. The molecule has 1 aliphatic rings. The fourth-order valence-corrected chi connectivity index (χ4v) is 4.56. The van der Waals surface area contributed by atoms with Crippen molar-refractivity contribution in [3.05, 3.63) is 95.6 Å². The SMILES string of the molecule is N#Cc1cccc(NC(=O)N2CCS[C@@H]2c2cccc(OCc3ccccc3)c2)c1. The minimum absolute atomic E-state index is 0.0792. The molecule has 1 aliphatic heterocycles. The molecule has 1 fully saturated rings. The Morgan fingerprint density at radius 2 is 1.93 bits per heavy atom. The molecular weight excluding hydrogens is 394 g/mol. The van der Waals surface area contributed by atoms with E-state index in [0.717, 1.165) is 22.6 Å². The van der Waals surface area contributed by atoms with Crippen molar-refractivity contribution in [1.29, 1.82) is 5.26 Å². The third kappa shape index (κ3) is 4.76. The highest BCUT2D eigenvalue weighted by molar-refractivity contribution is 7.99. The van der Waals surface area contributed by atoms with Gasteiger partial charge in [0.25, 0.3) is 0 Å². The molecule has 0 radical (unpaired) electrons. The van der Waals surface area contributed by atoms with Crippen molar-refractivity contribution in [3.8, 4) is 11.8 Å². The molecule has 30 heavy (non-hydrogen) atoms. The third-order valence-corrected chi connectivity index (χ3v) is 6.05. The molecule has 1 heterocycles. The van der Waals surface area contributed by atoms with Gasteiger partial charge in [0.15, 0.2) is 0 Å². The molecule has 150 valence electrons. The van der Waals surface area contributed by atoms with Gasteiger partial charge in [-0.15, -0.1) is 11.8 Å². The first-order chi connectivity index (χ1) is 14.7. The zero-order chi connectivity index (χ0) is 20.8. The minimum atomic E-state index is -0.171. The quantitative estimate of drug-likeness (QED) is 0.605. The lowest BCUT2D eigenvalue weighted by molar-refractivity contribution is 0.214.